The van der Waals surface area contributed by atoms with E-state index in [4.69, 9.17) is 21.1 Å². The number of rotatable bonds is 7. The first-order valence-electron chi connectivity index (χ1n) is 11.1. The Balaban J connectivity index is 1.37. The van der Waals surface area contributed by atoms with Gasteiger partial charge in [0, 0.05) is 46.6 Å². The molecule has 2 unspecified atom stereocenters. The first-order chi connectivity index (χ1) is 17.0. The van der Waals surface area contributed by atoms with Gasteiger partial charge in [0.25, 0.3) is 5.69 Å². The number of non-ortho nitro benzene ring substituents is 1. The molecule has 1 aromatic heterocycles. The van der Waals surface area contributed by atoms with E-state index in [2.05, 4.69) is 10.3 Å². The van der Waals surface area contributed by atoms with Gasteiger partial charge in [-0.15, -0.1) is 0 Å². The van der Waals surface area contributed by atoms with Gasteiger partial charge in [-0.3, -0.25) is 14.9 Å². The second-order valence-corrected chi connectivity index (χ2v) is 8.78. The van der Waals surface area contributed by atoms with Gasteiger partial charge in [-0.1, -0.05) is 35.9 Å². The largest absolute Gasteiger partial charge is 0.486 e. The second kappa shape index (κ2) is 9.68. The van der Waals surface area contributed by atoms with Crippen LogP contribution in [0.2, 0.25) is 5.02 Å². The van der Waals surface area contributed by atoms with Crippen molar-refractivity contribution >= 4 is 34.1 Å². The fourth-order valence-corrected chi connectivity index (χ4v) is 4.51. The normalized spacial score (nSPS) is 15.5. The number of fused-ring (bicyclic) bond motifs is 2. The van der Waals surface area contributed by atoms with Crippen molar-refractivity contribution in [2.75, 3.05) is 13.2 Å². The molecule has 5 rings (SSSR count). The fraction of sp³-hybridized carbons (Fsp3) is 0.192. The van der Waals surface area contributed by atoms with Crippen LogP contribution in [0.5, 0.6) is 11.5 Å². The number of nitro groups is 1. The lowest BCUT2D eigenvalue weighted by molar-refractivity contribution is -0.384. The van der Waals surface area contributed by atoms with Crippen molar-refractivity contribution in [1.82, 2.24) is 10.3 Å². The van der Waals surface area contributed by atoms with E-state index in [9.17, 15) is 14.9 Å². The highest BCUT2D eigenvalue weighted by atomic mass is 35.5. The summed E-state index contributed by atoms with van der Waals surface area (Å²) in [6.07, 6.45) is 1.61. The van der Waals surface area contributed by atoms with Crippen LogP contribution in [-0.2, 0) is 4.79 Å². The van der Waals surface area contributed by atoms with Crippen molar-refractivity contribution in [2.24, 2.45) is 0 Å². The third-order valence-corrected chi connectivity index (χ3v) is 6.25. The summed E-state index contributed by atoms with van der Waals surface area (Å²) in [4.78, 5) is 27.1. The molecule has 2 atom stereocenters. The molecule has 2 N–H and O–H groups in total. The van der Waals surface area contributed by atoms with E-state index < -0.39 is 4.92 Å². The van der Waals surface area contributed by atoms with Crippen LogP contribution in [0.1, 0.15) is 23.5 Å². The number of aromatic nitrogens is 1. The van der Waals surface area contributed by atoms with Crippen molar-refractivity contribution < 1.29 is 19.2 Å². The second-order valence-electron chi connectivity index (χ2n) is 8.34. The minimum atomic E-state index is -0.429. The Morgan fingerprint density at radius 1 is 1.14 bits per heavy atom. The maximum absolute atomic E-state index is 13.0. The number of hydrogen-bond acceptors (Lipinski definition) is 5. The summed E-state index contributed by atoms with van der Waals surface area (Å²) in [6.45, 7) is 0.621. The number of carbonyl (C=O) groups is 1. The van der Waals surface area contributed by atoms with Gasteiger partial charge >= 0.3 is 0 Å². The zero-order chi connectivity index (χ0) is 24.4. The summed E-state index contributed by atoms with van der Waals surface area (Å²) >= 11 is 6.25. The topological polar surface area (TPSA) is 106 Å². The number of halogens is 1. The molecule has 0 aliphatic carbocycles. The molecule has 8 nitrogen and oxygen atoms in total. The molecule has 3 aromatic carbocycles. The summed E-state index contributed by atoms with van der Waals surface area (Å²) in [7, 11) is 0. The molecule has 0 fully saturated rings. The number of ether oxygens (including phenoxy) is 2. The van der Waals surface area contributed by atoms with E-state index in [1.807, 2.05) is 42.5 Å². The maximum Gasteiger partial charge on any atom is 0.270 e. The van der Waals surface area contributed by atoms with Gasteiger partial charge in [0.2, 0.25) is 5.91 Å². The SMILES string of the molecule is O=C(CC(c1cccc(Cl)c1)c1c[nH]c2ccc([N+](=O)[O-])cc12)NCC1COc2ccccc2O1. The Labute approximate surface area is 206 Å². The standard InChI is InChI=1S/C26H22ClN3O5/c27-17-5-3-4-16(10-17)20(22-14-28-23-9-8-18(30(32)33)11-21(22)23)12-26(31)29-13-19-15-34-24-6-1-2-7-25(24)35-19/h1-11,14,19-20,28H,12-13,15H2,(H,29,31). The molecule has 1 amide bonds. The first-order valence-corrected chi connectivity index (χ1v) is 11.5. The highest BCUT2D eigenvalue weighted by Crippen LogP contribution is 2.36. The number of hydrogen-bond donors (Lipinski definition) is 2. The van der Waals surface area contributed by atoms with E-state index >= 15 is 0 Å². The van der Waals surface area contributed by atoms with Crippen molar-refractivity contribution in [3.05, 3.63) is 99.2 Å². The summed E-state index contributed by atoms with van der Waals surface area (Å²) in [5.41, 5.74) is 2.37. The molecular weight excluding hydrogens is 470 g/mol. The summed E-state index contributed by atoms with van der Waals surface area (Å²) < 4.78 is 11.6. The number of nitrogens with one attached hydrogen (secondary N) is 2. The Kier molecular flexibility index (Phi) is 6.29. The molecule has 4 aromatic rings. The molecule has 178 valence electrons. The molecule has 1 aliphatic rings. The van der Waals surface area contributed by atoms with Crippen molar-refractivity contribution in [1.29, 1.82) is 0 Å². The number of benzene rings is 3. The highest BCUT2D eigenvalue weighted by Gasteiger charge is 2.25. The Morgan fingerprint density at radius 3 is 2.77 bits per heavy atom. The number of amides is 1. The predicted octanol–water partition coefficient (Wildman–Crippen LogP) is 5.21. The molecule has 0 saturated heterocycles. The van der Waals surface area contributed by atoms with Crippen LogP contribution in [0.4, 0.5) is 5.69 Å². The minimum absolute atomic E-state index is 0.0117. The van der Waals surface area contributed by atoms with E-state index in [0.717, 1.165) is 16.6 Å². The van der Waals surface area contributed by atoms with Gasteiger partial charge in [-0.05, 0) is 41.5 Å². The van der Waals surface area contributed by atoms with Crippen LogP contribution in [0.25, 0.3) is 10.9 Å². The minimum Gasteiger partial charge on any atom is -0.486 e. The average molecular weight is 492 g/mol. The van der Waals surface area contributed by atoms with E-state index in [1.54, 1.807) is 18.3 Å². The zero-order valence-electron chi connectivity index (χ0n) is 18.6. The summed E-state index contributed by atoms with van der Waals surface area (Å²) in [6, 6.07) is 19.4. The van der Waals surface area contributed by atoms with Crippen LogP contribution in [-0.4, -0.2) is 35.1 Å². The van der Waals surface area contributed by atoms with Gasteiger partial charge in [0.1, 0.15) is 12.7 Å². The van der Waals surface area contributed by atoms with E-state index in [0.29, 0.717) is 28.5 Å². The van der Waals surface area contributed by atoms with E-state index in [-0.39, 0.29) is 36.6 Å². The van der Waals surface area contributed by atoms with Gasteiger partial charge in [-0.2, -0.15) is 0 Å². The van der Waals surface area contributed by atoms with Crippen LogP contribution in [0.15, 0.2) is 72.9 Å². The van der Waals surface area contributed by atoms with Crippen molar-refractivity contribution in [3.63, 3.8) is 0 Å². The molecule has 2 heterocycles. The Bertz CT molecular complexity index is 1400. The number of nitro benzene ring substituents is 1. The lowest BCUT2D eigenvalue weighted by atomic mass is 9.88. The average Bonchev–Trinajstić information content (AvgIpc) is 3.29. The van der Waals surface area contributed by atoms with Crippen molar-refractivity contribution in [3.8, 4) is 11.5 Å². The maximum atomic E-state index is 13.0. The van der Waals surface area contributed by atoms with Crippen LogP contribution < -0.4 is 14.8 Å². The zero-order valence-corrected chi connectivity index (χ0v) is 19.3. The van der Waals surface area contributed by atoms with Gasteiger partial charge in [-0.25, -0.2) is 0 Å². The Morgan fingerprint density at radius 2 is 1.97 bits per heavy atom. The molecule has 0 bridgehead atoms. The quantitative estimate of drug-likeness (QED) is 0.273. The predicted molar refractivity (Wildman–Crippen MR) is 132 cm³/mol. The molecule has 35 heavy (non-hydrogen) atoms. The van der Waals surface area contributed by atoms with Crippen LogP contribution in [0.3, 0.4) is 0 Å². The Hall–Kier alpha value is -4.04. The summed E-state index contributed by atoms with van der Waals surface area (Å²) in [5.74, 6) is 0.783. The third kappa shape index (κ3) is 4.93. The lowest BCUT2D eigenvalue weighted by Gasteiger charge is -2.26. The molecule has 0 spiro atoms. The summed E-state index contributed by atoms with van der Waals surface area (Å²) in [5, 5.41) is 15.5. The fourth-order valence-electron chi connectivity index (χ4n) is 4.31. The number of carbonyl (C=O) groups excluding carboxylic acids is 1. The van der Waals surface area contributed by atoms with E-state index in [1.165, 1.54) is 12.1 Å². The number of aromatic amines is 1. The number of para-hydroxylation sites is 2. The molecule has 0 saturated carbocycles. The first kappa shape index (κ1) is 22.7. The molecule has 1 aliphatic heterocycles. The smallest absolute Gasteiger partial charge is 0.270 e. The molecule has 0 radical (unpaired) electrons. The van der Waals surface area contributed by atoms with Crippen molar-refractivity contribution in [2.45, 2.75) is 18.4 Å². The molecular formula is C26H22ClN3O5. The molecule has 9 heteroatoms. The number of nitrogens with zero attached hydrogens (tertiary/aromatic N) is 1. The van der Waals surface area contributed by atoms with Gasteiger partial charge in [0.15, 0.2) is 11.5 Å². The van der Waals surface area contributed by atoms with Gasteiger partial charge < -0.3 is 19.8 Å². The van der Waals surface area contributed by atoms with Crippen LogP contribution in [0, 0.1) is 10.1 Å². The highest BCUT2D eigenvalue weighted by molar-refractivity contribution is 6.30. The number of H-pyrrole nitrogens is 1. The van der Waals surface area contributed by atoms with Gasteiger partial charge in [0.05, 0.1) is 11.5 Å². The lowest BCUT2D eigenvalue weighted by Crippen LogP contribution is -2.41. The van der Waals surface area contributed by atoms with Crippen LogP contribution >= 0.6 is 11.6 Å². The monoisotopic (exact) mass is 491 g/mol. The third-order valence-electron chi connectivity index (χ3n) is 6.02.